The van der Waals surface area contributed by atoms with E-state index in [4.69, 9.17) is 4.74 Å². The molecule has 2 amide bonds. The summed E-state index contributed by atoms with van der Waals surface area (Å²) in [6.45, 7) is 1.44. The fourth-order valence-corrected chi connectivity index (χ4v) is 2.70. The van der Waals surface area contributed by atoms with Gasteiger partial charge in [-0.15, -0.1) is 0 Å². The van der Waals surface area contributed by atoms with Crippen molar-refractivity contribution in [3.05, 3.63) is 37.1 Å². The number of pyridine rings is 1. The summed E-state index contributed by atoms with van der Waals surface area (Å²) in [7, 11) is 1.54. The Hall–Kier alpha value is -2.57. The average Bonchev–Trinajstić information content (AvgIpc) is 3.10. The van der Waals surface area contributed by atoms with Crippen LogP contribution in [0.3, 0.4) is 0 Å². The molecule has 0 bridgehead atoms. The number of nitrogens with one attached hydrogen (secondary N) is 1. The average molecular weight is 301 g/mol. The molecule has 3 rings (SSSR count). The first-order valence-electron chi connectivity index (χ1n) is 7.30. The summed E-state index contributed by atoms with van der Waals surface area (Å²) in [6.07, 6.45) is 9.07. The lowest BCUT2D eigenvalue weighted by Crippen LogP contribution is -2.41. The van der Waals surface area contributed by atoms with Crippen molar-refractivity contribution in [2.24, 2.45) is 0 Å². The van der Waals surface area contributed by atoms with Crippen LogP contribution in [0.5, 0.6) is 5.88 Å². The Morgan fingerprint density at radius 1 is 1.36 bits per heavy atom. The number of methoxy groups -OCH3 is 1. The lowest BCUT2D eigenvalue weighted by atomic mass is 10.1. The van der Waals surface area contributed by atoms with Gasteiger partial charge in [0, 0.05) is 37.7 Å². The summed E-state index contributed by atoms with van der Waals surface area (Å²) in [5.41, 5.74) is 0.590. The fraction of sp³-hybridized carbons (Fsp3) is 0.400. The third-order valence-corrected chi connectivity index (χ3v) is 3.90. The Bertz CT molecular complexity index is 621. The number of urea groups is 1. The molecule has 1 fully saturated rings. The number of amides is 2. The zero-order valence-electron chi connectivity index (χ0n) is 12.5. The SMILES string of the molecule is COc1ncccc1NC(=O)N1CCC(n2ccnc2)CC1. The highest BCUT2D eigenvalue weighted by Crippen LogP contribution is 2.24. The molecule has 0 aromatic carbocycles. The summed E-state index contributed by atoms with van der Waals surface area (Å²) in [5.74, 6) is 0.421. The van der Waals surface area contributed by atoms with E-state index in [1.807, 2.05) is 17.4 Å². The second-order valence-corrected chi connectivity index (χ2v) is 5.22. The zero-order valence-corrected chi connectivity index (χ0v) is 12.5. The lowest BCUT2D eigenvalue weighted by Gasteiger charge is -2.32. The van der Waals surface area contributed by atoms with E-state index < -0.39 is 0 Å². The number of imidazole rings is 1. The van der Waals surface area contributed by atoms with Crippen LogP contribution in [0.4, 0.5) is 10.5 Å². The highest BCUT2D eigenvalue weighted by Gasteiger charge is 2.24. The Balaban J connectivity index is 1.58. The molecule has 1 aliphatic heterocycles. The van der Waals surface area contributed by atoms with Crippen LogP contribution in [0.15, 0.2) is 37.1 Å². The smallest absolute Gasteiger partial charge is 0.321 e. The number of anilines is 1. The third kappa shape index (κ3) is 3.03. The van der Waals surface area contributed by atoms with E-state index in [2.05, 4.69) is 19.9 Å². The van der Waals surface area contributed by atoms with Gasteiger partial charge < -0.3 is 19.5 Å². The van der Waals surface area contributed by atoms with Gasteiger partial charge in [-0.25, -0.2) is 14.8 Å². The molecule has 7 heteroatoms. The monoisotopic (exact) mass is 301 g/mol. The number of hydrogen-bond donors (Lipinski definition) is 1. The molecule has 2 aromatic rings. The second-order valence-electron chi connectivity index (χ2n) is 5.22. The van der Waals surface area contributed by atoms with Gasteiger partial charge in [0.25, 0.3) is 0 Å². The van der Waals surface area contributed by atoms with Crippen LogP contribution in [0.2, 0.25) is 0 Å². The van der Waals surface area contributed by atoms with Gasteiger partial charge >= 0.3 is 6.03 Å². The number of aromatic nitrogens is 3. The molecule has 7 nitrogen and oxygen atoms in total. The first kappa shape index (κ1) is 14.4. The molecule has 3 heterocycles. The number of carbonyl (C=O) groups excluding carboxylic acids is 1. The molecule has 0 spiro atoms. The van der Waals surface area contributed by atoms with E-state index in [1.54, 1.807) is 24.5 Å². The van der Waals surface area contributed by atoms with E-state index in [0.717, 1.165) is 25.9 Å². The molecule has 2 aromatic heterocycles. The minimum Gasteiger partial charge on any atom is -0.480 e. The van der Waals surface area contributed by atoms with Crippen LogP contribution in [-0.4, -0.2) is 45.7 Å². The Labute approximate surface area is 128 Å². The molecule has 0 saturated carbocycles. The van der Waals surface area contributed by atoms with Crippen LogP contribution in [0.25, 0.3) is 0 Å². The number of carbonyl (C=O) groups is 1. The Morgan fingerprint density at radius 2 is 2.18 bits per heavy atom. The molecule has 0 unspecified atom stereocenters. The Kier molecular flexibility index (Phi) is 4.22. The van der Waals surface area contributed by atoms with Crippen LogP contribution in [0.1, 0.15) is 18.9 Å². The van der Waals surface area contributed by atoms with Crippen molar-refractivity contribution in [3.63, 3.8) is 0 Å². The van der Waals surface area contributed by atoms with E-state index in [-0.39, 0.29) is 6.03 Å². The number of nitrogens with zero attached hydrogens (tertiary/aromatic N) is 4. The minimum absolute atomic E-state index is 0.115. The molecule has 22 heavy (non-hydrogen) atoms. The zero-order chi connectivity index (χ0) is 15.4. The number of rotatable bonds is 3. The predicted molar refractivity (Wildman–Crippen MR) is 81.9 cm³/mol. The highest BCUT2D eigenvalue weighted by atomic mass is 16.5. The van der Waals surface area contributed by atoms with Crippen molar-refractivity contribution in [2.75, 3.05) is 25.5 Å². The van der Waals surface area contributed by atoms with Crippen LogP contribution in [0, 0.1) is 0 Å². The number of likely N-dealkylation sites (tertiary alicyclic amines) is 1. The minimum atomic E-state index is -0.115. The standard InChI is InChI=1S/C15H19N5O2/c1-22-14-13(3-2-6-17-14)18-15(21)19-8-4-12(5-9-19)20-10-7-16-11-20/h2-3,6-7,10-12H,4-5,8-9H2,1H3,(H,18,21). The molecule has 1 N–H and O–H groups in total. The highest BCUT2D eigenvalue weighted by molar-refractivity contribution is 5.90. The fourth-order valence-electron chi connectivity index (χ4n) is 2.70. The van der Waals surface area contributed by atoms with Crippen molar-refractivity contribution in [3.8, 4) is 5.88 Å². The van der Waals surface area contributed by atoms with Gasteiger partial charge in [0.05, 0.1) is 13.4 Å². The van der Waals surface area contributed by atoms with E-state index >= 15 is 0 Å². The number of hydrogen-bond acceptors (Lipinski definition) is 4. The third-order valence-electron chi connectivity index (χ3n) is 3.90. The first-order valence-corrected chi connectivity index (χ1v) is 7.30. The summed E-state index contributed by atoms with van der Waals surface area (Å²) in [5, 5.41) is 2.86. The lowest BCUT2D eigenvalue weighted by molar-refractivity contribution is 0.183. The van der Waals surface area contributed by atoms with Gasteiger partial charge in [0.2, 0.25) is 5.88 Å². The topological polar surface area (TPSA) is 72.3 Å². The second kappa shape index (κ2) is 6.46. The van der Waals surface area contributed by atoms with Crippen molar-refractivity contribution in [2.45, 2.75) is 18.9 Å². The molecular weight excluding hydrogens is 282 g/mol. The van der Waals surface area contributed by atoms with E-state index in [1.165, 1.54) is 7.11 Å². The summed E-state index contributed by atoms with van der Waals surface area (Å²) < 4.78 is 7.26. The van der Waals surface area contributed by atoms with Crippen LogP contribution < -0.4 is 10.1 Å². The molecule has 1 aliphatic rings. The molecule has 0 radical (unpaired) electrons. The molecular formula is C15H19N5O2. The number of piperidine rings is 1. The van der Waals surface area contributed by atoms with E-state index in [0.29, 0.717) is 17.6 Å². The van der Waals surface area contributed by atoms with Crippen molar-refractivity contribution in [1.82, 2.24) is 19.4 Å². The van der Waals surface area contributed by atoms with Crippen molar-refractivity contribution < 1.29 is 9.53 Å². The van der Waals surface area contributed by atoms with Crippen LogP contribution in [-0.2, 0) is 0 Å². The van der Waals surface area contributed by atoms with E-state index in [9.17, 15) is 4.79 Å². The van der Waals surface area contributed by atoms with Gasteiger partial charge in [-0.3, -0.25) is 0 Å². The molecule has 0 atom stereocenters. The molecule has 0 aliphatic carbocycles. The maximum atomic E-state index is 12.3. The van der Waals surface area contributed by atoms with Gasteiger partial charge in [-0.1, -0.05) is 0 Å². The summed E-state index contributed by atoms with van der Waals surface area (Å²) in [4.78, 5) is 22.3. The number of ether oxygens (including phenoxy) is 1. The summed E-state index contributed by atoms with van der Waals surface area (Å²) >= 11 is 0. The van der Waals surface area contributed by atoms with Gasteiger partial charge in [0.15, 0.2) is 0 Å². The van der Waals surface area contributed by atoms with Gasteiger partial charge in [-0.05, 0) is 25.0 Å². The largest absolute Gasteiger partial charge is 0.480 e. The predicted octanol–water partition coefficient (Wildman–Crippen LogP) is 2.16. The summed E-state index contributed by atoms with van der Waals surface area (Å²) in [6, 6.07) is 3.85. The van der Waals surface area contributed by atoms with Crippen molar-refractivity contribution >= 4 is 11.7 Å². The Morgan fingerprint density at radius 3 is 2.86 bits per heavy atom. The van der Waals surface area contributed by atoms with Crippen LogP contribution >= 0.6 is 0 Å². The van der Waals surface area contributed by atoms with Crippen molar-refractivity contribution in [1.29, 1.82) is 0 Å². The maximum absolute atomic E-state index is 12.3. The van der Waals surface area contributed by atoms with Gasteiger partial charge in [-0.2, -0.15) is 0 Å². The normalized spacial score (nSPS) is 15.6. The first-order chi connectivity index (χ1) is 10.8. The molecule has 1 saturated heterocycles. The van der Waals surface area contributed by atoms with Gasteiger partial charge in [0.1, 0.15) is 5.69 Å². The maximum Gasteiger partial charge on any atom is 0.321 e. The molecule has 116 valence electrons. The quantitative estimate of drug-likeness (QED) is 0.943.